The molecule has 1 aliphatic rings. The van der Waals surface area contributed by atoms with Crippen molar-refractivity contribution in [1.82, 2.24) is 19.5 Å². The number of imidazole rings is 1. The Morgan fingerprint density at radius 3 is 2.53 bits per heavy atom. The molecule has 1 aromatic carbocycles. The van der Waals surface area contributed by atoms with Gasteiger partial charge in [-0.3, -0.25) is 0 Å². The first-order valence-corrected chi connectivity index (χ1v) is 10.8. The number of nitrogens with one attached hydrogen (secondary N) is 1. The molecule has 2 N–H and O–H groups in total. The molecule has 0 bridgehead atoms. The van der Waals surface area contributed by atoms with E-state index < -0.39 is 5.60 Å². The van der Waals surface area contributed by atoms with E-state index in [9.17, 15) is 5.11 Å². The maximum Gasteiger partial charge on any atom is 0.209 e. The molecule has 6 heteroatoms. The molecule has 0 saturated heterocycles. The molecule has 2 aromatic heterocycles. The third kappa shape index (κ3) is 4.63. The number of nitrogens with zero attached hydrogens (tertiary/aromatic N) is 4. The number of aromatic nitrogens is 4. The van der Waals surface area contributed by atoms with E-state index in [0.29, 0.717) is 31.0 Å². The van der Waals surface area contributed by atoms with Crippen LogP contribution in [0.3, 0.4) is 0 Å². The number of aliphatic hydroxyl groups is 1. The Bertz CT molecular complexity index is 1050. The zero-order valence-corrected chi connectivity index (χ0v) is 17.7. The van der Waals surface area contributed by atoms with Crippen LogP contribution in [0, 0.1) is 11.8 Å². The van der Waals surface area contributed by atoms with E-state index in [1.54, 1.807) is 6.33 Å². The third-order valence-corrected chi connectivity index (χ3v) is 5.62. The van der Waals surface area contributed by atoms with Crippen molar-refractivity contribution in [3.05, 3.63) is 48.0 Å². The van der Waals surface area contributed by atoms with Crippen LogP contribution in [-0.4, -0.2) is 30.2 Å². The van der Waals surface area contributed by atoms with Crippen LogP contribution in [0.5, 0.6) is 0 Å². The van der Waals surface area contributed by atoms with Crippen LogP contribution < -0.4 is 5.32 Å². The van der Waals surface area contributed by atoms with E-state index in [0.717, 1.165) is 42.4 Å². The standard InChI is InChI=1S/C24H29N5O/c1-18(2)29-17-26-21-22(25-16-19-10-6-5-7-11-19)27-20(28-23(21)29)12-15-24(30)13-8-3-4-9-14-24/h5-7,10-11,17-18,30H,3-4,8-9,13-14,16H2,1-2H3,(H,25,27,28). The minimum atomic E-state index is -0.940. The number of anilines is 1. The number of hydrogen-bond acceptors (Lipinski definition) is 5. The van der Waals surface area contributed by atoms with Gasteiger partial charge in [-0.05, 0) is 51.0 Å². The van der Waals surface area contributed by atoms with E-state index in [-0.39, 0.29) is 6.04 Å². The van der Waals surface area contributed by atoms with Gasteiger partial charge in [0.2, 0.25) is 5.82 Å². The summed E-state index contributed by atoms with van der Waals surface area (Å²) >= 11 is 0. The van der Waals surface area contributed by atoms with Gasteiger partial charge in [0.05, 0.1) is 6.33 Å². The molecule has 1 saturated carbocycles. The van der Waals surface area contributed by atoms with Gasteiger partial charge in [-0.2, -0.15) is 0 Å². The van der Waals surface area contributed by atoms with Crippen LogP contribution in [0.1, 0.15) is 69.8 Å². The fraction of sp³-hybridized carbons (Fsp3) is 0.458. The predicted octanol–water partition coefficient (Wildman–Crippen LogP) is 4.46. The van der Waals surface area contributed by atoms with Gasteiger partial charge >= 0.3 is 0 Å². The number of rotatable bonds is 4. The van der Waals surface area contributed by atoms with Gasteiger partial charge in [0.1, 0.15) is 5.60 Å². The quantitative estimate of drug-likeness (QED) is 0.497. The highest BCUT2D eigenvalue weighted by Gasteiger charge is 2.25. The molecule has 0 amide bonds. The highest BCUT2D eigenvalue weighted by molar-refractivity contribution is 5.83. The molecule has 1 fully saturated rings. The maximum atomic E-state index is 10.9. The van der Waals surface area contributed by atoms with Gasteiger partial charge in [0.25, 0.3) is 0 Å². The summed E-state index contributed by atoms with van der Waals surface area (Å²) in [4.78, 5) is 13.9. The van der Waals surface area contributed by atoms with Crippen LogP contribution in [0.25, 0.3) is 11.2 Å². The lowest BCUT2D eigenvalue weighted by molar-refractivity contribution is 0.0849. The van der Waals surface area contributed by atoms with Gasteiger partial charge < -0.3 is 15.0 Å². The predicted molar refractivity (Wildman–Crippen MR) is 119 cm³/mol. The van der Waals surface area contributed by atoms with Crippen molar-refractivity contribution in [2.24, 2.45) is 0 Å². The molecule has 156 valence electrons. The van der Waals surface area contributed by atoms with Crippen LogP contribution in [0.4, 0.5) is 5.82 Å². The van der Waals surface area contributed by atoms with Crippen LogP contribution in [-0.2, 0) is 6.54 Å². The summed E-state index contributed by atoms with van der Waals surface area (Å²) in [6.45, 7) is 4.83. The first-order chi connectivity index (χ1) is 14.5. The highest BCUT2D eigenvalue weighted by Crippen LogP contribution is 2.27. The van der Waals surface area contributed by atoms with Crippen LogP contribution >= 0.6 is 0 Å². The van der Waals surface area contributed by atoms with E-state index in [2.05, 4.69) is 58.1 Å². The second-order valence-electron chi connectivity index (χ2n) is 8.35. The van der Waals surface area contributed by atoms with E-state index >= 15 is 0 Å². The summed E-state index contributed by atoms with van der Waals surface area (Å²) in [5.41, 5.74) is 1.71. The maximum absolute atomic E-state index is 10.9. The van der Waals surface area contributed by atoms with Gasteiger partial charge in [0, 0.05) is 12.6 Å². The Balaban J connectivity index is 1.69. The fourth-order valence-electron chi connectivity index (χ4n) is 3.87. The Labute approximate surface area is 177 Å². The van der Waals surface area contributed by atoms with Crippen LogP contribution in [0.2, 0.25) is 0 Å². The topological polar surface area (TPSA) is 75.9 Å². The van der Waals surface area contributed by atoms with Crippen molar-refractivity contribution >= 4 is 17.0 Å². The van der Waals surface area contributed by atoms with Crippen molar-refractivity contribution < 1.29 is 5.11 Å². The van der Waals surface area contributed by atoms with E-state index in [1.807, 2.05) is 22.8 Å². The van der Waals surface area contributed by atoms with Gasteiger partial charge in [-0.25, -0.2) is 15.0 Å². The lowest BCUT2D eigenvalue weighted by Crippen LogP contribution is -2.25. The summed E-state index contributed by atoms with van der Waals surface area (Å²) in [6, 6.07) is 10.4. The number of hydrogen-bond donors (Lipinski definition) is 2. The summed E-state index contributed by atoms with van der Waals surface area (Å²) in [5, 5.41) is 14.3. The highest BCUT2D eigenvalue weighted by atomic mass is 16.3. The molecule has 0 unspecified atom stereocenters. The first kappa shape index (κ1) is 20.4. The minimum absolute atomic E-state index is 0.221. The molecule has 0 aliphatic heterocycles. The average molecular weight is 404 g/mol. The largest absolute Gasteiger partial charge is 0.378 e. The van der Waals surface area contributed by atoms with Gasteiger partial charge in [-0.1, -0.05) is 49.1 Å². The fourth-order valence-corrected chi connectivity index (χ4v) is 3.87. The molecule has 0 spiro atoms. The lowest BCUT2D eigenvalue weighted by Gasteiger charge is -2.19. The van der Waals surface area contributed by atoms with Gasteiger partial charge in [0.15, 0.2) is 17.0 Å². The van der Waals surface area contributed by atoms with Crippen molar-refractivity contribution in [3.63, 3.8) is 0 Å². The molecule has 0 atom stereocenters. The summed E-state index contributed by atoms with van der Waals surface area (Å²) in [6.07, 6.45) is 7.57. The molecule has 1 aliphatic carbocycles. The summed E-state index contributed by atoms with van der Waals surface area (Å²) in [7, 11) is 0. The van der Waals surface area contributed by atoms with E-state index in [1.165, 1.54) is 0 Å². The SMILES string of the molecule is CC(C)n1cnc2c(NCc3ccccc3)nc(C#CC3(O)CCCCCC3)nc21. The zero-order valence-electron chi connectivity index (χ0n) is 17.7. The van der Waals surface area contributed by atoms with Crippen molar-refractivity contribution in [2.45, 2.75) is 70.6 Å². The second-order valence-corrected chi connectivity index (χ2v) is 8.35. The molecular formula is C24H29N5O. The normalized spacial score (nSPS) is 16.1. The van der Waals surface area contributed by atoms with Crippen molar-refractivity contribution in [3.8, 4) is 11.8 Å². The molecule has 2 heterocycles. The Morgan fingerprint density at radius 1 is 1.10 bits per heavy atom. The molecule has 6 nitrogen and oxygen atoms in total. The smallest absolute Gasteiger partial charge is 0.209 e. The number of benzene rings is 1. The van der Waals surface area contributed by atoms with Crippen LogP contribution in [0.15, 0.2) is 36.7 Å². The molecule has 4 rings (SSSR count). The summed E-state index contributed by atoms with van der Waals surface area (Å²) < 4.78 is 2.02. The van der Waals surface area contributed by atoms with E-state index in [4.69, 9.17) is 0 Å². The Morgan fingerprint density at radius 2 is 1.83 bits per heavy atom. The minimum Gasteiger partial charge on any atom is -0.378 e. The number of fused-ring (bicyclic) bond motifs is 1. The van der Waals surface area contributed by atoms with Crippen molar-refractivity contribution in [1.29, 1.82) is 0 Å². The molecule has 30 heavy (non-hydrogen) atoms. The lowest BCUT2D eigenvalue weighted by atomic mass is 9.95. The molecule has 3 aromatic rings. The Hall–Kier alpha value is -2.91. The summed E-state index contributed by atoms with van der Waals surface area (Å²) in [5.74, 6) is 7.23. The van der Waals surface area contributed by atoms with Gasteiger partial charge in [-0.15, -0.1) is 0 Å². The second kappa shape index (κ2) is 8.85. The third-order valence-electron chi connectivity index (χ3n) is 5.62. The zero-order chi connectivity index (χ0) is 21.0. The molecular weight excluding hydrogens is 374 g/mol. The van der Waals surface area contributed by atoms with Crippen molar-refractivity contribution in [2.75, 3.05) is 5.32 Å². The average Bonchev–Trinajstić information content (AvgIpc) is 3.06. The monoisotopic (exact) mass is 403 g/mol. The molecule has 0 radical (unpaired) electrons. The Kier molecular flexibility index (Phi) is 6.01. The first-order valence-electron chi connectivity index (χ1n) is 10.8.